The summed E-state index contributed by atoms with van der Waals surface area (Å²) in [6.07, 6.45) is -2.57. The van der Waals surface area contributed by atoms with Crippen molar-refractivity contribution >= 4 is 11.9 Å². The first-order chi connectivity index (χ1) is 6.56. The SMILES string of the molecule is CCC1COC(C(=O)O)C(C(=O)O)O1. The van der Waals surface area contributed by atoms with E-state index in [1.807, 2.05) is 6.92 Å². The Morgan fingerprint density at radius 2 is 1.86 bits per heavy atom. The molecule has 1 fully saturated rings. The van der Waals surface area contributed by atoms with Crippen molar-refractivity contribution < 1.29 is 29.3 Å². The van der Waals surface area contributed by atoms with Gasteiger partial charge in [-0.3, -0.25) is 0 Å². The van der Waals surface area contributed by atoms with E-state index < -0.39 is 24.1 Å². The predicted octanol–water partition coefficient (Wildman–Crippen LogP) is -0.282. The van der Waals surface area contributed by atoms with E-state index in [-0.39, 0.29) is 12.7 Å². The molecule has 0 bridgehead atoms. The van der Waals surface area contributed by atoms with Crippen molar-refractivity contribution in [1.82, 2.24) is 0 Å². The van der Waals surface area contributed by atoms with E-state index in [4.69, 9.17) is 19.7 Å². The highest BCUT2D eigenvalue weighted by molar-refractivity contribution is 5.83. The number of hydrogen-bond acceptors (Lipinski definition) is 4. The number of carboxylic acids is 2. The van der Waals surface area contributed by atoms with E-state index in [1.165, 1.54) is 0 Å². The van der Waals surface area contributed by atoms with Crippen molar-refractivity contribution in [3.05, 3.63) is 0 Å². The molecule has 1 aliphatic heterocycles. The Hall–Kier alpha value is -1.14. The van der Waals surface area contributed by atoms with E-state index in [1.54, 1.807) is 0 Å². The zero-order valence-electron chi connectivity index (χ0n) is 7.67. The minimum absolute atomic E-state index is 0.122. The van der Waals surface area contributed by atoms with Gasteiger partial charge in [-0.15, -0.1) is 0 Å². The van der Waals surface area contributed by atoms with Gasteiger partial charge in [0.05, 0.1) is 12.7 Å². The van der Waals surface area contributed by atoms with Crippen molar-refractivity contribution in [2.24, 2.45) is 0 Å². The molecular formula is C8H12O6. The van der Waals surface area contributed by atoms with Gasteiger partial charge in [0, 0.05) is 0 Å². The average Bonchev–Trinajstić information content (AvgIpc) is 2.16. The maximum Gasteiger partial charge on any atom is 0.336 e. The second kappa shape index (κ2) is 4.39. The number of rotatable bonds is 3. The molecule has 1 rings (SSSR count). The van der Waals surface area contributed by atoms with Gasteiger partial charge < -0.3 is 19.7 Å². The number of hydrogen-bond donors (Lipinski definition) is 2. The van der Waals surface area contributed by atoms with Crippen molar-refractivity contribution in [2.45, 2.75) is 31.7 Å². The molecule has 0 saturated carbocycles. The predicted molar refractivity (Wildman–Crippen MR) is 44.0 cm³/mol. The summed E-state index contributed by atoms with van der Waals surface area (Å²) in [5.41, 5.74) is 0. The van der Waals surface area contributed by atoms with Crippen molar-refractivity contribution in [2.75, 3.05) is 6.61 Å². The molecule has 0 amide bonds. The molecule has 3 unspecified atom stereocenters. The topological polar surface area (TPSA) is 93.1 Å². The number of aliphatic carboxylic acids is 2. The van der Waals surface area contributed by atoms with Crippen LogP contribution in [0.3, 0.4) is 0 Å². The lowest BCUT2D eigenvalue weighted by molar-refractivity contribution is -0.209. The molecule has 1 heterocycles. The first-order valence-corrected chi connectivity index (χ1v) is 4.29. The molecule has 0 aromatic heterocycles. The Kier molecular flexibility index (Phi) is 3.43. The smallest absolute Gasteiger partial charge is 0.336 e. The molecular weight excluding hydrogens is 192 g/mol. The molecule has 1 aliphatic rings. The first-order valence-electron chi connectivity index (χ1n) is 4.29. The lowest BCUT2D eigenvalue weighted by Gasteiger charge is -2.31. The van der Waals surface area contributed by atoms with E-state index >= 15 is 0 Å². The summed E-state index contributed by atoms with van der Waals surface area (Å²) in [5.74, 6) is -2.62. The zero-order valence-corrected chi connectivity index (χ0v) is 7.67. The maximum atomic E-state index is 10.7. The van der Waals surface area contributed by atoms with Gasteiger partial charge in [-0.25, -0.2) is 9.59 Å². The molecule has 80 valence electrons. The highest BCUT2D eigenvalue weighted by Gasteiger charge is 2.41. The van der Waals surface area contributed by atoms with Crippen molar-refractivity contribution in [3.8, 4) is 0 Å². The van der Waals surface area contributed by atoms with Crippen LogP contribution >= 0.6 is 0 Å². The van der Waals surface area contributed by atoms with Gasteiger partial charge in [0.25, 0.3) is 0 Å². The normalized spacial score (nSPS) is 32.5. The maximum absolute atomic E-state index is 10.7. The van der Waals surface area contributed by atoms with Gasteiger partial charge in [-0.2, -0.15) is 0 Å². The summed E-state index contributed by atoms with van der Waals surface area (Å²) in [7, 11) is 0. The number of ether oxygens (including phenoxy) is 2. The quantitative estimate of drug-likeness (QED) is 0.656. The largest absolute Gasteiger partial charge is 0.479 e. The van der Waals surface area contributed by atoms with Gasteiger partial charge in [-0.1, -0.05) is 6.92 Å². The van der Waals surface area contributed by atoms with Crippen LogP contribution in [0.25, 0.3) is 0 Å². The fourth-order valence-corrected chi connectivity index (χ4v) is 1.22. The molecule has 0 radical (unpaired) electrons. The number of carboxylic acid groups (broad SMARTS) is 2. The van der Waals surface area contributed by atoms with Crippen LogP contribution < -0.4 is 0 Å². The van der Waals surface area contributed by atoms with Crippen LogP contribution in [0.15, 0.2) is 0 Å². The Morgan fingerprint density at radius 1 is 1.29 bits per heavy atom. The van der Waals surface area contributed by atoms with Crippen LogP contribution in [0.2, 0.25) is 0 Å². The van der Waals surface area contributed by atoms with E-state index in [2.05, 4.69) is 0 Å². The van der Waals surface area contributed by atoms with Gasteiger partial charge in [0.15, 0.2) is 12.2 Å². The average molecular weight is 204 g/mol. The molecule has 0 aromatic rings. The summed E-state index contributed by atoms with van der Waals surface area (Å²) < 4.78 is 9.98. The Morgan fingerprint density at radius 3 is 2.29 bits per heavy atom. The second-order valence-electron chi connectivity index (χ2n) is 3.02. The van der Waals surface area contributed by atoms with Gasteiger partial charge in [0.2, 0.25) is 0 Å². The molecule has 6 nitrogen and oxygen atoms in total. The molecule has 3 atom stereocenters. The third-order valence-corrected chi connectivity index (χ3v) is 2.02. The van der Waals surface area contributed by atoms with Gasteiger partial charge in [-0.05, 0) is 6.42 Å². The highest BCUT2D eigenvalue weighted by Crippen LogP contribution is 2.17. The van der Waals surface area contributed by atoms with Crippen molar-refractivity contribution in [1.29, 1.82) is 0 Å². The minimum atomic E-state index is -1.41. The lowest BCUT2D eigenvalue weighted by atomic mass is 10.1. The molecule has 1 saturated heterocycles. The van der Waals surface area contributed by atoms with Gasteiger partial charge in [0.1, 0.15) is 0 Å². The Bertz CT molecular complexity index is 238. The molecule has 6 heteroatoms. The molecule has 2 N–H and O–H groups in total. The summed E-state index contributed by atoms with van der Waals surface area (Å²) in [4.78, 5) is 21.3. The van der Waals surface area contributed by atoms with Crippen LogP contribution in [0.1, 0.15) is 13.3 Å². The Labute approximate surface area is 80.4 Å². The van der Waals surface area contributed by atoms with Crippen LogP contribution in [-0.4, -0.2) is 47.1 Å². The minimum Gasteiger partial charge on any atom is -0.479 e. The third kappa shape index (κ3) is 2.21. The summed E-state index contributed by atoms with van der Waals surface area (Å²) in [5, 5.41) is 17.4. The Balaban J connectivity index is 2.70. The highest BCUT2D eigenvalue weighted by atomic mass is 16.6. The fourth-order valence-electron chi connectivity index (χ4n) is 1.22. The molecule has 14 heavy (non-hydrogen) atoms. The lowest BCUT2D eigenvalue weighted by Crippen LogP contribution is -2.51. The zero-order chi connectivity index (χ0) is 10.7. The van der Waals surface area contributed by atoms with E-state index in [9.17, 15) is 9.59 Å². The van der Waals surface area contributed by atoms with Crippen LogP contribution in [0, 0.1) is 0 Å². The summed E-state index contributed by atoms with van der Waals surface area (Å²) in [6, 6.07) is 0. The molecule has 0 spiro atoms. The monoisotopic (exact) mass is 204 g/mol. The van der Waals surface area contributed by atoms with E-state index in [0.717, 1.165) is 0 Å². The van der Waals surface area contributed by atoms with Crippen molar-refractivity contribution in [3.63, 3.8) is 0 Å². The molecule has 0 aromatic carbocycles. The van der Waals surface area contributed by atoms with Crippen LogP contribution in [0.4, 0.5) is 0 Å². The van der Waals surface area contributed by atoms with Crippen LogP contribution in [-0.2, 0) is 19.1 Å². The standard InChI is InChI=1S/C8H12O6/c1-2-4-3-13-5(7(9)10)6(14-4)8(11)12/h4-6H,2-3H2,1H3,(H,9,10)(H,11,12). The first kappa shape index (κ1) is 10.9. The van der Waals surface area contributed by atoms with Gasteiger partial charge >= 0.3 is 11.9 Å². The van der Waals surface area contributed by atoms with Crippen LogP contribution in [0.5, 0.6) is 0 Å². The second-order valence-corrected chi connectivity index (χ2v) is 3.02. The third-order valence-electron chi connectivity index (χ3n) is 2.02. The summed E-state index contributed by atoms with van der Waals surface area (Å²) >= 11 is 0. The fraction of sp³-hybridized carbons (Fsp3) is 0.750. The number of carbonyl (C=O) groups is 2. The van der Waals surface area contributed by atoms with E-state index in [0.29, 0.717) is 6.42 Å². The summed E-state index contributed by atoms with van der Waals surface area (Å²) in [6.45, 7) is 1.94. The molecule has 0 aliphatic carbocycles.